The number of carbonyl (C=O) groups is 4. The van der Waals surface area contributed by atoms with Gasteiger partial charge >= 0.3 is 5.97 Å². The van der Waals surface area contributed by atoms with E-state index < -0.39 is 45.1 Å². The van der Waals surface area contributed by atoms with Gasteiger partial charge in [0, 0.05) is 16.3 Å². The molecule has 0 spiro atoms. The van der Waals surface area contributed by atoms with Crippen molar-refractivity contribution in [3.8, 4) is 6.07 Å². The number of thioether (sulfide) groups is 1. The van der Waals surface area contributed by atoms with Crippen LogP contribution in [0, 0.1) is 18.3 Å². The molecule has 1 unspecified atom stereocenters. The number of benzene rings is 4. The molecule has 3 amide bonds. The van der Waals surface area contributed by atoms with Crippen molar-refractivity contribution in [2.45, 2.75) is 17.1 Å². The first-order valence-corrected chi connectivity index (χ1v) is 17.5. The number of rotatable bonds is 10. The van der Waals surface area contributed by atoms with Crippen molar-refractivity contribution in [2.75, 3.05) is 16.0 Å². The normalized spacial score (nSPS) is 11.3. The van der Waals surface area contributed by atoms with Crippen LogP contribution in [0.4, 0.5) is 16.4 Å². The molecule has 0 saturated heterocycles. The van der Waals surface area contributed by atoms with Gasteiger partial charge in [0.25, 0.3) is 11.8 Å². The average molecular weight is 785 g/mol. The van der Waals surface area contributed by atoms with E-state index in [9.17, 15) is 29.5 Å². The summed E-state index contributed by atoms with van der Waals surface area (Å²) in [5.74, 6) is -3.32. The molecule has 0 bridgehead atoms. The first kappa shape index (κ1) is 36.7. The summed E-state index contributed by atoms with van der Waals surface area (Å²) >= 11 is 26.7. The third-order valence-electron chi connectivity index (χ3n) is 7.13. The number of nitrogens with zero attached hydrogens (tertiary/aromatic N) is 1. The molecule has 1 aromatic heterocycles. The zero-order valence-corrected chi connectivity index (χ0v) is 30.2. The van der Waals surface area contributed by atoms with Gasteiger partial charge in [-0.3, -0.25) is 14.4 Å². The second-order valence-corrected chi connectivity index (χ2v) is 14.1. The van der Waals surface area contributed by atoms with E-state index in [2.05, 4.69) is 22.0 Å². The lowest BCUT2D eigenvalue weighted by molar-refractivity contribution is -0.115. The number of carboxylic acids is 1. The van der Waals surface area contributed by atoms with E-state index in [0.29, 0.717) is 21.7 Å². The molecule has 5 aromatic rings. The van der Waals surface area contributed by atoms with E-state index in [0.717, 1.165) is 23.1 Å². The molecule has 4 N–H and O–H groups in total. The molecule has 0 aliphatic carbocycles. The van der Waals surface area contributed by atoms with Gasteiger partial charge in [0.2, 0.25) is 5.91 Å². The molecule has 0 saturated carbocycles. The molecule has 1 atom stereocenters. The Kier molecular flexibility index (Phi) is 11.8. The number of carbonyl (C=O) groups excluding carboxylic acids is 3. The molecular weight excluding hydrogens is 762 g/mol. The van der Waals surface area contributed by atoms with Gasteiger partial charge in [0.05, 0.1) is 41.7 Å². The highest BCUT2D eigenvalue weighted by molar-refractivity contribution is 8.00. The van der Waals surface area contributed by atoms with Crippen molar-refractivity contribution in [1.29, 1.82) is 5.26 Å². The highest BCUT2D eigenvalue weighted by Gasteiger charge is 2.30. The number of para-hydroxylation sites is 1. The number of nitriles is 1. The Balaban J connectivity index is 1.41. The summed E-state index contributed by atoms with van der Waals surface area (Å²) in [7, 11) is 0. The van der Waals surface area contributed by atoms with Gasteiger partial charge in [-0.2, -0.15) is 5.26 Å². The highest BCUT2D eigenvalue weighted by atomic mass is 35.5. The quantitative estimate of drug-likeness (QED) is 0.0626. The summed E-state index contributed by atoms with van der Waals surface area (Å²) in [4.78, 5) is 53.2. The number of hydrogen-bond acceptors (Lipinski definition) is 7. The fraction of sp³-hybridized carbons (Fsp3) is 0.0571. The summed E-state index contributed by atoms with van der Waals surface area (Å²) in [5, 5.41) is 25.9. The summed E-state index contributed by atoms with van der Waals surface area (Å²) in [6.45, 7) is 1.65. The summed E-state index contributed by atoms with van der Waals surface area (Å²) in [6, 6.07) is 26.4. The molecule has 0 radical (unpaired) electrons. The first-order valence-electron chi connectivity index (χ1n) is 14.3. The van der Waals surface area contributed by atoms with Gasteiger partial charge in [-0.15, -0.1) is 23.1 Å². The molecule has 1 heterocycles. The Labute approximate surface area is 314 Å². The van der Waals surface area contributed by atoms with Crippen LogP contribution in [0.3, 0.4) is 0 Å². The monoisotopic (exact) mass is 782 g/mol. The molecule has 0 aliphatic rings. The molecule has 252 valence electrons. The van der Waals surface area contributed by atoms with Gasteiger partial charge in [-0.1, -0.05) is 101 Å². The average Bonchev–Trinajstić information content (AvgIpc) is 3.42. The Morgan fingerprint density at radius 1 is 0.760 bits per heavy atom. The Morgan fingerprint density at radius 2 is 1.34 bits per heavy atom. The fourth-order valence-corrected chi connectivity index (χ4v) is 7.92. The molecule has 5 rings (SSSR count). The third-order valence-corrected chi connectivity index (χ3v) is 11.4. The van der Waals surface area contributed by atoms with Crippen molar-refractivity contribution in [3.05, 3.63) is 138 Å². The van der Waals surface area contributed by atoms with E-state index in [1.165, 1.54) is 0 Å². The molecule has 50 heavy (non-hydrogen) atoms. The second-order valence-electron chi connectivity index (χ2n) is 10.4. The number of anilines is 3. The van der Waals surface area contributed by atoms with Crippen molar-refractivity contribution < 1.29 is 24.3 Å². The van der Waals surface area contributed by atoms with Crippen molar-refractivity contribution in [3.63, 3.8) is 0 Å². The van der Waals surface area contributed by atoms with Gasteiger partial charge < -0.3 is 21.1 Å². The minimum atomic E-state index is -1.54. The largest absolute Gasteiger partial charge is 0.478 e. The van der Waals surface area contributed by atoms with E-state index in [4.69, 9.17) is 46.4 Å². The zero-order valence-electron chi connectivity index (χ0n) is 25.5. The number of thiophene rings is 1. The van der Waals surface area contributed by atoms with Crippen LogP contribution < -0.4 is 16.0 Å². The number of hydrogen-bond donors (Lipinski definition) is 4. The molecule has 0 aliphatic heterocycles. The zero-order chi connectivity index (χ0) is 36.1. The Hall–Kier alpha value is -4.54. The van der Waals surface area contributed by atoms with E-state index in [1.807, 2.05) is 6.07 Å². The number of carboxylic acid groups (broad SMARTS) is 1. The first-order chi connectivity index (χ1) is 23.9. The predicted octanol–water partition coefficient (Wildman–Crippen LogP) is 10.2. The van der Waals surface area contributed by atoms with Crippen LogP contribution in [0.5, 0.6) is 0 Å². The van der Waals surface area contributed by atoms with Crippen molar-refractivity contribution in [1.82, 2.24) is 0 Å². The second kappa shape index (κ2) is 16.0. The van der Waals surface area contributed by atoms with Crippen LogP contribution in [0.25, 0.3) is 0 Å². The number of amides is 3. The predicted molar refractivity (Wildman–Crippen MR) is 200 cm³/mol. The number of nitrogens with one attached hydrogen (secondary N) is 3. The van der Waals surface area contributed by atoms with Crippen LogP contribution in [-0.4, -0.2) is 28.8 Å². The standard InChI is InChI=1S/C35H22Cl4N4O5S2/c1-17-22(16-40)34(50-29(17)32(45)41-19-11-6-3-7-12-19)43-33(46)30(18-9-4-2-5-10-18)49-21-14-8-13-20(15-21)42-31(44)23-24(35(47)48)26(37)28(39)27(38)25(23)36/h2-15,30H,1H3,(H,41,45)(H,42,44)(H,43,46)(H,47,48). The van der Waals surface area contributed by atoms with Crippen LogP contribution in [0.1, 0.15) is 52.3 Å². The number of aromatic carboxylic acids is 1. The van der Waals surface area contributed by atoms with Crippen molar-refractivity contribution in [2.24, 2.45) is 0 Å². The molecule has 0 fully saturated rings. The molecule has 4 aromatic carbocycles. The maximum atomic E-state index is 13.9. The van der Waals surface area contributed by atoms with Crippen LogP contribution in [0.2, 0.25) is 20.1 Å². The molecular formula is C35H22Cl4N4O5S2. The maximum absolute atomic E-state index is 13.9. The highest BCUT2D eigenvalue weighted by Crippen LogP contribution is 2.43. The van der Waals surface area contributed by atoms with E-state index in [-0.39, 0.29) is 36.2 Å². The summed E-state index contributed by atoms with van der Waals surface area (Å²) in [6.07, 6.45) is 0. The third kappa shape index (κ3) is 7.92. The minimum absolute atomic E-state index is 0.171. The number of halogens is 4. The topological polar surface area (TPSA) is 148 Å². The Morgan fingerprint density at radius 3 is 1.96 bits per heavy atom. The summed E-state index contributed by atoms with van der Waals surface area (Å²) < 4.78 is 0. The van der Waals surface area contributed by atoms with Gasteiger partial charge in [0.15, 0.2) is 0 Å². The van der Waals surface area contributed by atoms with Crippen LogP contribution in [0.15, 0.2) is 89.8 Å². The van der Waals surface area contributed by atoms with Gasteiger partial charge in [-0.25, -0.2) is 4.79 Å². The Bertz CT molecular complexity index is 2190. The lowest BCUT2D eigenvalue weighted by Gasteiger charge is -2.18. The molecule has 9 nitrogen and oxygen atoms in total. The smallest absolute Gasteiger partial charge is 0.338 e. The fourth-order valence-electron chi connectivity index (χ4n) is 4.76. The van der Waals surface area contributed by atoms with Crippen molar-refractivity contribution >= 4 is 110 Å². The van der Waals surface area contributed by atoms with E-state index in [1.54, 1.807) is 85.8 Å². The van der Waals surface area contributed by atoms with Gasteiger partial charge in [-0.05, 0) is 48.4 Å². The van der Waals surface area contributed by atoms with E-state index >= 15 is 0 Å². The van der Waals surface area contributed by atoms with Gasteiger partial charge in [0.1, 0.15) is 16.3 Å². The lowest BCUT2D eigenvalue weighted by atomic mass is 10.1. The van der Waals surface area contributed by atoms with Crippen LogP contribution in [-0.2, 0) is 4.79 Å². The minimum Gasteiger partial charge on any atom is -0.478 e. The lowest BCUT2D eigenvalue weighted by Crippen LogP contribution is -2.19. The molecule has 15 heteroatoms. The SMILES string of the molecule is Cc1c(C(=O)Nc2ccccc2)sc(NC(=O)C(Sc2cccc(NC(=O)c3c(Cl)c(Cl)c(Cl)c(Cl)c3C(=O)O)c2)c2ccccc2)c1C#N. The van der Waals surface area contributed by atoms with Crippen LogP contribution >= 0.6 is 69.5 Å². The maximum Gasteiger partial charge on any atom is 0.338 e. The summed E-state index contributed by atoms with van der Waals surface area (Å²) in [5.41, 5.74) is 0.983.